The first-order valence-corrected chi connectivity index (χ1v) is 7.36. The molecule has 1 aromatic carbocycles. The van der Waals surface area contributed by atoms with Crippen molar-refractivity contribution in [2.24, 2.45) is 12.8 Å². The molecular formula is C14H18BrN3O. The molecule has 19 heavy (non-hydrogen) atoms. The molecule has 0 saturated carbocycles. The standard InChI is InChI=1S/C14H18BrN3O/c1-18-12-3-2-10(15)8-11(12)17-13(18)14(9-16)4-6-19-7-5-14/h2-3,8H,4-7,9,16H2,1H3. The van der Waals surface area contributed by atoms with Crippen molar-refractivity contribution >= 4 is 27.0 Å². The first-order valence-electron chi connectivity index (χ1n) is 6.56. The van der Waals surface area contributed by atoms with Crippen LogP contribution in [-0.4, -0.2) is 29.3 Å². The van der Waals surface area contributed by atoms with Crippen LogP contribution in [0.4, 0.5) is 0 Å². The molecule has 1 fully saturated rings. The van der Waals surface area contributed by atoms with E-state index in [0.29, 0.717) is 6.54 Å². The molecule has 1 saturated heterocycles. The highest BCUT2D eigenvalue weighted by Crippen LogP contribution is 2.35. The normalized spacial score (nSPS) is 18.9. The molecule has 0 spiro atoms. The van der Waals surface area contributed by atoms with E-state index in [4.69, 9.17) is 15.5 Å². The summed E-state index contributed by atoms with van der Waals surface area (Å²) >= 11 is 3.50. The fourth-order valence-corrected chi connectivity index (χ4v) is 3.28. The molecule has 0 bridgehead atoms. The smallest absolute Gasteiger partial charge is 0.117 e. The molecule has 0 unspecified atom stereocenters. The lowest BCUT2D eigenvalue weighted by molar-refractivity contribution is 0.0492. The molecule has 0 aliphatic carbocycles. The van der Waals surface area contributed by atoms with Crippen molar-refractivity contribution in [2.45, 2.75) is 18.3 Å². The first kappa shape index (κ1) is 13.1. The van der Waals surface area contributed by atoms with Crippen LogP contribution in [0, 0.1) is 0 Å². The van der Waals surface area contributed by atoms with Crippen LogP contribution in [0.2, 0.25) is 0 Å². The van der Waals surface area contributed by atoms with Gasteiger partial charge in [0.05, 0.1) is 11.0 Å². The Labute approximate surface area is 121 Å². The fourth-order valence-electron chi connectivity index (χ4n) is 2.93. The highest BCUT2D eigenvalue weighted by molar-refractivity contribution is 9.10. The Bertz CT molecular complexity index is 602. The van der Waals surface area contributed by atoms with E-state index in [1.165, 1.54) is 0 Å². The molecular weight excluding hydrogens is 306 g/mol. The summed E-state index contributed by atoms with van der Waals surface area (Å²) in [7, 11) is 2.07. The van der Waals surface area contributed by atoms with E-state index in [-0.39, 0.29) is 5.41 Å². The number of imidazole rings is 1. The maximum Gasteiger partial charge on any atom is 0.117 e. The third kappa shape index (κ3) is 2.10. The van der Waals surface area contributed by atoms with Crippen LogP contribution in [0.25, 0.3) is 11.0 Å². The van der Waals surface area contributed by atoms with E-state index >= 15 is 0 Å². The second-order valence-electron chi connectivity index (χ2n) is 5.22. The van der Waals surface area contributed by atoms with Gasteiger partial charge >= 0.3 is 0 Å². The van der Waals surface area contributed by atoms with Crippen molar-refractivity contribution in [3.8, 4) is 0 Å². The largest absolute Gasteiger partial charge is 0.381 e. The topological polar surface area (TPSA) is 53.1 Å². The van der Waals surface area contributed by atoms with E-state index in [1.54, 1.807) is 0 Å². The van der Waals surface area contributed by atoms with Crippen LogP contribution in [-0.2, 0) is 17.2 Å². The summed E-state index contributed by atoms with van der Waals surface area (Å²) in [6.45, 7) is 2.16. The van der Waals surface area contributed by atoms with Gasteiger partial charge in [-0.15, -0.1) is 0 Å². The van der Waals surface area contributed by atoms with E-state index in [0.717, 1.165) is 47.4 Å². The van der Waals surface area contributed by atoms with Crippen LogP contribution < -0.4 is 5.73 Å². The fraction of sp³-hybridized carbons (Fsp3) is 0.500. The van der Waals surface area contributed by atoms with Gasteiger partial charge in [0, 0.05) is 36.7 Å². The van der Waals surface area contributed by atoms with Gasteiger partial charge in [-0.1, -0.05) is 15.9 Å². The molecule has 102 valence electrons. The maximum atomic E-state index is 6.07. The number of aromatic nitrogens is 2. The average molecular weight is 324 g/mol. The minimum atomic E-state index is -0.0432. The number of nitrogens with zero attached hydrogens (tertiary/aromatic N) is 2. The zero-order valence-electron chi connectivity index (χ0n) is 11.0. The van der Waals surface area contributed by atoms with Gasteiger partial charge in [-0.25, -0.2) is 4.98 Å². The number of hydrogen-bond donors (Lipinski definition) is 1. The Balaban J connectivity index is 2.15. The van der Waals surface area contributed by atoms with E-state index in [2.05, 4.69) is 39.7 Å². The van der Waals surface area contributed by atoms with Gasteiger partial charge in [0.15, 0.2) is 0 Å². The van der Waals surface area contributed by atoms with Crippen molar-refractivity contribution in [3.05, 3.63) is 28.5 Å². The van der Waals surface area contributed by atoms with Crippen molar-refractivity contribution in [1.29, 1.82) is 0 Å². The Hall–Kier alpha value is -0.910. The van der Waals surface area contributed by atoms with Gasteiger partial charge in [-0.05, 0) is 31.0 Å². The number of nitrogens with two attached hydrogens (primary N) is 1. The van der Waals surface area contributed by atoms with Crippen LogP contribution >= 0.6 is 15.9 Å². The minimum Gasteiger partial charge on any atom is -0.381 e. The molecule has 1 aliphatic rings. The summed E-state index contributed by atoms with van der Waals surface area (Å²) in [6, 6.07) is 6.20. The van der Waals surface area contributed by atoms with E-state index in [1.807, 2.05) is 6.07 Å². The summed E-state index contributed by atoms with van der Waals surface area (Å²) in [5.74, 6) is 1.09. The van der Waals surface area contributed by atoms with Crippen molar-refractivity contribution < 1.29 is 4.74 Å². The van der Waals surface area contributed by atoms with E-state index in [9.17, 15) is 0 Å². The summed E-state index contributed by atoms with van der Waals surface area (Å²) in [4.78, 5) is 4.84. The quantitative estimate of drug-likeness (QED) is 0.922. The predicted octanol–water partition coefficient (Wildman–Crippen LogP) is 2.34. The lowest BCUT2D eigenvalue weighted by Gasteiger charge is -2.35. The van der Waals surface area contributed by atoms with Gasteiger partial charge in [0.25, 0.3) is 0 Å². The molecule has 0 amide bonds. The molecule has 1 aromatic heterocycles. The van der Waals surface area contributed by atoms with Crippen LogP contribution in [0.1, 0.15) is 18.7 Å². The third-order valence-corrected chi connectivity index (χ3v) is 4.65. The van der Waals surface area contributed by atoms with Crippen molar-refractivity contribution in [2.75, 3.05) is 19.8 Å². The molecule has 4 nitrogen and oxygen atoms in total. The monoisotopic (exact) mass is 323 g/mol. The summed E-state index contributed by atoms with van der Waals surface area (Å²) in [5, 5.41) is 0. The lowest BCUT2D eigenvalue weighted by Crippen LogP contribution is -2.42. The van der Waals surface area contributed by atoms with Gasteiger partial charge in [-0.3, -0.25) is 0 Å². The molecule has 5 heteroatoms. The van der Waals surface area contributed by atoms with Crippen molar-refractivity contribution in [3.63, 3.8) is 0 Å². The molecule has 3 rings (SSSR count). The van der Waals surface area contributed by atoms with Gasteiger partial charge < -0.3 is 15.0 Å². The first-order chi connectivity index (χ1) is 9.16. The number of aryl methyl sites for hydroxylation is 1. The Morgan fingerprint density at radius 3 is 2.84 bits per heavy atom. The molecule has 1 aliphatic heterocycles. The van der Waals surface area contributed by atoms with Gasteiger partial charge in [0.2, 0.25) is 0 Å². The number of hydrogen-bond acceptors (Lipinski definition) is 3. The zero-order chi connectivity index (χ0) is 13.5. The number of halogens is 1. The molecule has 2 heterocycles. The molecule has 2 N–H and O–H groups in total. The second kappa shape index (κ2) is 4.89. The van der Waals surface area contributed by atoms with E-state index < -0.39 is 0 Å². The van der Waals surface area contributed by atoms with Crippen molar-refractivity contribution in [1.82, 2.24) is 9.55 Å². The average Bonchev–Trinajstić information content (AvgIpc) is 2.77. The summed E-state index contributed by atoms with van der Waals surface area (Å²) < 4.78 is 8.72. The Morgan fingerprint density at radius 1 is 1.42 bits per heavy atom. The lowest BCUT2D eigenvalue weighted by atomic mass is 9.79. The third-order valence-electron chi connectivity index (χ3n) is 4.16. The SMILES string of the molecule is Cn1c(C2(CN)CCOCC2)nc2cc(Br)ccc21. The zero-order valence-corrected chi connectivity index (χ0v) is 12.6. The Kier molecular flexibility index (Phi) is 3.37. The maximum absolute atomic E-state index is 6.07. The van der Waals surface area contributed by atoms with Crippen LogP contribution in [0.5, 0.6) is 0 Å². The Morgan fingerprint density at radius 2 is 2.16 bits per heavy atom. The molecule has 0 radical (unpaired) electrons. The van der Waals surface area contributed by atoms with Gasteiger partial charge in [-0.2, -0.15) is 0 Å². The molecule has 0 atom stereocenters. The number of rotatable bonds is 2. The molecule has 2 aromatic rings. The number of ether oxygens (including phenoxy) is 1. The van der Waals surface area contributed by atoms with Crippen LogP contribution in [0.3, 0.4) is 0 Å². The second-order valence-corrected chi connectivity index (χ2v) is 6.14. The number of benzene rings is 1. The summed E-state index contributed by atoms with van der Waals surface area (Å²) in [6.07, 6.45) is 1.89. The van der Waals surface area contributed by atoms with Gasteiger partial charge in [0.1, 0.15) is 5.82 Å². The number of fused-ring (bicyclic) bond motifs is 1. The summed E-state index contributed by atoms with van der Waals surface area (Å²) in [5.41, 5.74) is 8.20. The highest BCUT2D eigenvalue weighted by atomic mass is 79.9. The minimum absolute atomic E-state index is 0.0432. The van der Waals surface area contributed by atoms with Crippen LogP contribution in [0.15, 0.2) is 22.7 Å². The highest BCUT2D eigenvalue weighted by Gasteiger charge is 2.37. The predicted molar refractivity (Wildman–Crippen MR) is 79.2 cm³/mol.